The Morgan fingerprint density at radius 3 is 0.922 bits per heavy atom. The van der Waals surface area contributed by atoms with Crippen molar-refractivity contribution in [2.45, 2.75) is 210 Å². The minimum Gasteiger partial charge on any atom is -0.508 e. The van der Waals surface area contributed by atoms with Gasteiger partial charge in [0, 0.05) is 123 Å². The van der Waals surface area contributed by atoms with E-state index >= 15 is 0 Å². The molecule has 6 aliphatic carbocycles. The van der Waals surface area contributed by atoms with E-state index in [-0.39, 0.29) is 128 Å². The zero-order valence-corrected chi connectivity index (χ0v) is 67.0. The first-order chi connectivity index (χ1) is 47.8. The number of piperazine rings is 3. The van der Waals surface area contributed by atoms with Crippen molar-refractivity contribution in [2.75, 3.05) is 117 Å². The molecule has 15 rings (SSSR count). The fourth-order valence-corrected chi connectivity index (χ4v) is 31.7. The van der Waals surface area contributed by atoms with Crippen LogP contribution >= 0.6 is 0 Å². The zero-order valence-electron chi connectivity index (χ0n) is 64.6. The van der Waals surface area contributed by atoms with Crippen molar-refractivity contribution in [2.24, 2.45) is 68.0 Å². The minimum absolute atomic E-state index is 0.0146. The number of phenols is 3. The fourth-order valence-electron chi connectivity index (χ4n) is 24.7. The highest BCUT2D eigenvalue weighted by Gasteiger charge is 2.66. The Bertz CT molecular complexity index is 4000. The largest absolute Gasteiger partial charge is 0.508 e. The van der Waals surface area contributed by atoms with Crippen LogP contribution in [0.3, 0.4) is 0 Å². The number of aromatic carboxylic acids is 1. The van der Waals surface area contributed by atoms with E-state index in [9.17, 15) is 60.1 Å². The number of rotatable bonds is 3. The van der Waals surface area contributed by atoms with E-state index in [2.05, 4.69) is 110 Å². The first-order valence-corrected chi connectivity index (χ1v) is 43.7. The van der Waals surface area contributed by atoms with Gasteiger partial charge in [0.15, 0.2) is 29.5 Å². The first-order valence-electron chi connectivity index (χ1n) is 38.7. The van der Waals surface area contributed by atoms with Crippen LogP contribution in [-0.2, 0) is 45.8 Å². The molecule has 6 aliphatic heterocycles. The van der Waals surface area contributed by atoms with Crippen LogP contribution < -0.4 is 5.32 Å². The maximum Gasteiger partial charge on any atom is 0.335 e. The number of nitrogens with one attached hydrogen (secondary N) is 1. The number of hydrogen-bond acceptors (Lipinski definition) is 16. The van der Waals surface area contributed by atoms with Gasteiger partial charge < -0.3 is 50.2 Å². The number of carboxylic acids is 1. The van der Waals surface area contributed by atoms with Gasteiger partial charge in [-0.25, -0.2) is 30.0 Å². The summed E-state index contributed by atoms with van der Waals surface area (Å²) in [5.74, 6) is -0.398. The normalized spacial score (nSPS) is 36.3. The number of carbonyl (C=O) groups excluding carboxylic acids is 2. The third-order valence-electron chi connectivity index (χ3n) is 30.2. The van der Waals surface area contributed by atoms with Gasteiger partial charge >= 0.3 is 5.97 Å². The van der Waals surface area contributed by atoms with E-state index in [0.717, 1.165) is 123 Å². The molecular weight excluding hydrogens is 1360 g/mol. The summed E-state index contributed by atoms with van der Waals surface area (Å²) in [4.78, 5) is 48.4. The number of hydrogen-bond donors (Lipinski definition) is 5. The quantitative estimate of drug-likeness (QED) is 0.163. The lowest BCUT2D eigenvalue weighted by Gasteiger charge is -2.63. The van der Waals surface area contributed by atoms with E-state index in [4.69, 9.17) is 0 Å². The van der Waals surface area contributed by atoms with E-state index in [0.29, 0.717) is 60.6 Å². The van der Waals surface area contributed by atoms with Gasteiger partial charge in [0.2, 0.25) is 0 Å². The molecule has 3 saturated heterocycles. The molecular formula is C81H122N6O13S3. The molecule has 0 spiro atoms. The second-order valence-corrected chi connectivity index (χ2v) is 43.7. The predicted octanol–water partition coefficient (Wildman–Crippen LogP) is 12.0. The Morgan fingerprint density at radius 1 is 0.379 bits per heavy atom. The van der Waals surface area contributed by atoms with Crippen molar-refractivity contribution in [3.05, 3.63) is 69.8 Å². The van der Waals surface area contributed by atoms with Crippen LogP contribution in [0.2, 0.25) is 0 Å². The third kappa shape index (κ3) is 13.4. The van der Waals surface area contributed by atoms with Crippen molar-refractivity contribution in [3.8, 4) is 17.2 Å². The lowest BCUT2D eigenvalue weighted by molar-refractivity contribution is -0.0986. The highest BCUT2D eigenvalue weighted by Crippen LogP contribution is 2.71. The number of benzene rings is 3. The molecule has 572 valence electrons. The summed E-state index contributed by atoms with van der Waals surface area (Å²) in [6.45, 7) is 37.6. The van der Waals surface area contributed by atoms with Crippen molar-refractivity contribution < 1.29 is 60.1 Å². The summed E-state index contributed by atoms with van der Waals surface area (Å²) in [5.41, 5.74) is 0.915. The molecule has 22 heteroatoms. The predicted molar refractivity (Wildman–Crippen MR) is 403 cm³/mol. The van der Waals surface area contributed by atoms with Crippen LogP contribution in [0.15, 0.2) is 51.1 Å². The Morgan fingerprint density at radius 2 is 0.650 bits per heavy atom. The number of carbonyl (C=O) groups is 3. The maximum atomic E-state index is 13.8. The summed E-state index contributed by atoms with van der Waals surface area (Å²) < 4.78 is 81.5. The zero-order chi connectivity index (χ0) is 75.2. The standard InChI is InChI=1S/2C27H40N2O4S.C22H30O5S.C5H12N2/c2*1-25(2)8-6-9-26(3)21(25)7-10-27(4)22(26)17-34(32,33)20-16-18(15-19(30)23(20)27)24(31)29-13-11-28(5)12-14-29;1-20(2)7-5-8-21(3)16(20)6-9-22(4)17(21)12-28(26,27)15-11-13(19(24)25)10-14(23)18(15)22;1-7-4-2-6-3-5-7/h2*15-16,21-22,30H,6-14,17H2,1-5H3;10-11,16-17,23H,5-9,12H2,1-4H3,(H,24,25);6H,2-5H2,1H3/t2*21-,22+,26-,27+;16-,17+,21-,22+;/m000./s1. The average molecular weight is 1480 g/mol. The highest BCUT2D eigenvalue weighted by molar-refractivity contribution is 7.92. The van der Waals surface area contributed by atoms with Crippen molar-refractivity contribution in [3.63, 3.8) is 0 Å². The van der Waals surface area contributed by atoms with Crippen LogP contribution in [0, 0.1) is 68.0 Å². The van der Waals surface area contributed by atoms with E-state index in [1.807, 2.05) is 14.1 Å². The van der Waals surface area contributed by atoms with Crippen LogP contribution in [0.5, 0.6) is 17.2 Å². The Labute approximate surface area is 615 Å². The molecule has 9 fully saturated rings. The number of phenolic OH excluding ortho intramolecular Hbond substituents is 3. The maximum absolute atomic E-state index is 13.8. The van der Waals surface area contributed by atoms with Crippen LogP contribution in [0.25, 0.3) is 0 Å². The molecule has 2 amide bonds. The molecule has 19 nitrogen and oxygen atoms in total. The lowest BCUT2D eigenvalue weighted by Crippen LogP contribution is -2.59. The average Bonchev–Trinajstić information content (AvgIpc) is 0.702. The second kappa shape index (κ2) is 27.1. The van der Waals surface area contributed by atoms with Crippen LogP contribution in [0.4, 0.5) is 0 Å². The molecule has 12 atom stereocenters. The number of fused-ring (bicyclic) bond motifs is 15. The summed E-state index contributed by atoms with van der Waals surface area (Å²) in [7, 11) is -4.74. The van der Waals surface area contributed by atoms with Gasteiger partial charge in [-0.05, 0) is 203 Å². The van der Waals surface area contributed by atoms with E-state index in [1.54, 1.807) is 21.9 Å². The van der Waals surface area contributed by atoms with Crippen LogP contribution in [0.1, 0.15) is 227 Å². The molecule has 3 aromatic rings. The minimum atomic E-state index is -3.68. The Hall–Kier alpha value is -4.84. The Balaban J connectivity index is 0.000000139. The first kappa shape index (κ1) is 77.8. The number of sulfone groups is 3. The summed E-state index contributed by atoms with van der Waals surface area (Å²) in [5, 5.41) is 46.0. The molecule has 0 unspecified atom stereocenters. The topological polar surface area (TPSA) is 263 Å². The Kier molecular flexibility index (Phi) is 20.4. The highest BCUT2D eigenvalue weighted by atomic mass is 32.2. The number of nitrogens with zero attached hydrogens (tertiary/aromatic N) is 5. The number of likely N-dealkylation sites (N-methyl/N-ethyl adjacent to an activating group) is 3. The fraction of sp³-hybridized carbons (Fsp3) is 0.741. The van der Waals surface area contributed by atoms with E-state index < -0.39 is 51.7 Å². The molecule has 6 saturated carbocycles. The van der Waals surface area contributed by atoms with Gasteiger partial charge in [-0.2, -0.15) is 0 Å². The molecule has 0 radical (unpaired) electrons. The molecule has 3 aromatic carbocycles. The van der Waals surface area contributed by atoms with Crippen molar-refractivity contribution in [1.82, 2.24) is 29.8 Å². The monoisotopic (exact) mass is 1480 g/mol. The summed E-state index contributed by atoms with van der Waals surface area (Å²) in [6.07, 6.45) is 15.5. The smallest absolute Gasteiger partial charge is 0.335 e. The van der Waals surface area contributed by atoms with Crippen molar-refractivity contribution >= 4 is 47.3 Å². The molecule has 5 N–H and O–H groups in total. The number of amides is 2. The molecule has 0 bridgehead atoms. The number of aromatic hydroxyl groups is 3. The van der Waals surface area contributed by atoms with Gasteiger partial charge in [-0.1, -0.05) is 102 Å². The third-order valence-corrected chi connectivity index (χ3v) is 35.5. The summed E-state index contributed by atoms with van der Waals surface area (Å²) >= 11 is 0. The molecule has 12 aliphatic rings. The number of carboxylic acid groups (broad SMARTS) is 1. The lowest BCUT2D eigenvalue weighted by atomic mass is 9.43. The molecule has 0 aromatic heterocycles. The summed E-state index contributed by atoms with van der Waals surface area (Å²) in [6, 6.07) is 8.64. The van der Waals surface area contributed by atoms with Gasteiger partial charge in [0.25, 0.3) is 11.8 Å². The second-order valence-electron chi connectivity index (χ2n) is 37.7. The molecule has 103 heavy (non-hydrogen) atoms. The van der Waals surface area contributed by atoms with Gasteiger partial charge in [-0.15, -0.1) is 0 Å². The van der Waals surface area contributed by atoms with E-state index in [1.165, 1.54) is 50.2 Å². The van der Waals surface area contributed by atoms with Crippen LogP contribution in [-0.4, -0.2) is 205 Å². The van der Waals surface area contributed by atoms with Crippen molar-refractivity contribution in [1.29, 1.82) is 0 Å². The van der Waals surface area contributed by atoms with Gasteiger partial charge in [0.1, 0.15) is 17.2 Å². The SMILES string of the molecule is CC1(C)CCC[C@]2(C)[C@H]3CS(=O)(=O)c4cc(C(=O)O)cc(O)c4[C@]3(C)CC[C@@H]12.CN1CCN(C(=O)c2cc(O)c3c(c2)S(=O)(=O)C[C@@H]2[C@@]4(C)CCCC(C)(C)[C@@H]4CC[C@@]32C)CC1.CN1CCN(C(=O)c2cc(O)c3c(c2)S(=O)(=O)C[C@@H]2[C@@]4(C)CCCC(C)(C)[C@@H]4CC[C@@]32C)CC1.CN1CCNCC1. The van der Waals surface area contributed by atoms with Gasteiger partial charge in [0.05, 0.1) is 37.5 Å². The van der Waals surface area contributed by atoms with Gasteiger partial charge in [-0.3, -0.25) is 9.59 Å². The molecule has 6 heterocycles.